The van der Waals surface area contributed by atoms with E-state index >= 15 is 0 Å². The summed E-state index contributed by atoms with van der Waals surface area (Å²) in [5, 5.41) is 1.71. The first kappa shape index (κ1) is 10.4. The van der Waals surface area contributed by atoms with Crippen molar-refractivity contribution in [1.29, 1.82) is 0 Å². The van der Waals surface area contributed by atoms with Gasteiger partial charge < -0.3 is 0 Å². The van der Waals surface area contributed by atoms with Crippen molar-refractivity contribution in [1.82, 2.24) is 0 Å². The molecular formula is C8H10O3S2. The van der Waals surface area contributed by atoms with Crippen molar-refractivity contribution in [3.05, 3.63) is 17.5 Å². The van der Waals surface area contributed by atoms with Gasteiger partial charge in [0.2, 0.25) is 0 Å². The van der Waals surface area contributed by atoms with E-state index in [-0.39, 0.29) is 18.0 Å². The fourth-order valence-corrected chi connectivity index (χ4v) is 3.31. The molecule has 0 aliphatic heterocycles. The Kier molecular flexibility index (Phi) is 3.22. The standard InChI is InChI=1S/C8H10O3S2/c1-7(9)4-6-13(10,11)8-3-2-5-12-8/h2-3,5H,4,6H2,1H3. The van der Waals surface area contributed by atoms with Gasteiger partial charge in [0, 0.05) is 6.42 Å². The van der Waals surface area contributed by atoms with Gasteiger partial charge in [0.25, 0.3) is 0 Å². The fraction of sp³-hybridized carbons (Fsp3) is 0.375. The highest BCUT2D eigenvalue weighted by molar-refractivity contribution is 7.93. The maximum absolute atomic E-state index is 11.5. The minimum atomic E-state index is -3.21. The van der Waals surface area contributed by atoms with Crippen molar-refractivity contribution in [3.8, 4) is 0 Å². The maximum atomic E-state index is 11.5. The first-order chi connectivity index (χ1) is 6.02. The van der Waals surface area contributed by atoms with Crippen molar-refractivity contribution in [3.63, 3.8) is 0 Å². The van der Waals surface area contributed by atoms with Crippen LogP contribution in [-0.4, -0.2) is 20.0 Å². The van der Waals surface area contributed by atoms with Gasteiger partial charge in [-0.2, -0.15) is 0 Å². The molecular weight excluding hydrogens is 208 g/mol. The van der Waals surface area contributed by atoms with Gasteiger partial charge >= 0.3 is 0 Å². The van der Waals surface area contributed by atoms with Crippen molar-refractivity contribution < 1.29 is 13.2 Å². The van der Waals surface area contributed by atoms with Gasteiger partial charge in [-0.25, -0.2) is 8.42 Å². The molecule has 13 heavy (non-hydrogen) atoms. The number of hydrogen-bond acceptors (Lipinski definition) is 4. The van der Waals surface area contributed by atoms with Crippen LogP contribution in [0.15, 0.2) is 21.7 Å². The molecule has 1 rings (SSSR count). The van der Waals surface area contributed by atoms with Crippen molar-refractivity contribution in [2.24, 2.45) is 0 Å². The summed E-state index contributed by atoms with van der Waals surface area (Å²) in [4.78, 5) is 10.6. The smallest absolute Gasteiger partial charge is 0.188 e. The molecule has 0 N–H and O–H groups in total. The molecule has 72 valence electrons. The Bertz CT molecular complexity index is 376. The molecule has 0 amide bonds. The summed E-state index contributed by atoms with van der Waals surface area (Å²) in [6.07, 6.45) is 0.0975. The predicted octanol–water partition coefficient (Wildman–Crippen LogP) is 1.50. The minimum Gasteiger partial charge on any atom is -0.300 e. The van der Waals surface area contributed by atoms with Gasteiger partial charge in [-0.1, -0.05) is 6.07 Å². The summed E-state index contributed by atoms with van der Waals surface area (Å²) in [6.45, 7) is 1.39. The summed E-state index contributed by atoms with van der Waals surface area (Å²) in [7, 11) is -3.21. The van der Waals surface area contributed by atoms with Crippen LogP contribution in [0, 0.1) is 0 Å². The predicted molar refractivity (Wildman–Crippen MR) is 51.7 cm³/mol. The van der Waals surface area contributed by atoms with E-state index in [0.29, 0.717) is 4.21 Å². The summed E-state index contributed by atoms with van der Waals surface area (Å²) in [6, 6.07) is 3.24. The summed E-state index contributed by atoms with van der Waals surface area (Å²) in [5.74, 6) is -0.178. The molecule has 0 radical (unpaired) electrons. The van der Waals surface area contributed by atoms with Crippen LogP contribution in [0.3, 0.4) is 0 Å². The summed E-state index contributed by atoms with van der Waals surface area (Å²) < 4.78 is 23.3. The number of sulfone groups is 1. The van der Waals surface area contributed by atoms with Gasteiger partial charge in [-0.15, -0.1) is 11.3 Å². The highest BCUT2D eigenvalue weighted by Gasteiger charge is 2.15. The number of carbonyl (C=O) groups excluding carboxylic acids is 1. The van der Waals surface area contributed by atoms with Gasteiger partial charge in [0.15, 0.2) is 9.84 Å². The van der Waals surface area contributed by atoms with E-state index in [0.717, 1.165) is 0 Å². The average molecular weight is 218 g/mol. The number of ketones is 1. The Hall–Kier alpha value is -0.680. The molecule has 0 spiro atoms. The number of thiophene rings is 1. The average Bonchev–Trinajstić information content (AvgIpc) is 2.53. The molecule has 0 saturated heterocycles. The van der Waals surface area contributed by atoms with Gasteiger partial charge in [0.05, 0.1) is 5.75 Å². The quantitative estimate of drug-likeness (QED) is 0.769. The van der Waals surface area contributed by atoms with E-state index in [9.17, 15) is 13.2 Å². The SMILES string of the molecule is CC(=O)CCS(=O)(=O)c1cccs1. The van der Waals surface area contributed by atoms with Crippen LogP contribution in [0.1, 0.15) is 13.3 Å². The van der Waals surface area contributed by atoms with Gasteiger partial charge in [-0.3, -0.25) is 4.79 Å². The van der Waals surface area contributed by atoms with Crippen LogP contribution in [0.5, 0.6) is 0 Å². The fourth-order valence-electron chi connectivity index (χ4n) is 0.819. The molecule has 1 aromatic rings. The topological polar surface area (TPSA) is 51.2 Å². The van der Waals surface area contributed by atoms with E-state index in [1.807, 2.05) is 0 Å². The van der Waals surface area contributed by atoms with Crippen molar-refractivity contribution >= 4 is 27.0 Å². The van der Waals surface area contributed by atoms with E-state index in [2.05, 4.69) is 0 Å². The Morgan fingerprint density at radius 2 is 2.23 bits per heavy atom. The van der Waals surface area contributed by atoms with E-state index in [4.69, 9.17) is 0 Å². The molecule has 0 aromatic carbocycles. The van der Waals surface area contributed by atoms with E-state index in [1.165, 1.54) is 18.3 Å². The molecule has 0 unspecified atom stereocenters. The first-order valence-corrected chi connectivity index (χ1v) is 6.31. The number of Topliss-reactive ketones (excluding diaryl/α,β-unsaturated/α-hetero) is 1. The Labute approximate surface area is 81.3 Å². The Morgan fingerprint density at radius 3 is 2.69 bits per heavy atom. The second-order valence-corrected chi connectivity index (χ2v) is 5.99. The molecule has 3 nitrogen and oxygen atoms in total. The molecule has 0 aliphatic carbocycles. The maximum Gasteiger partial charge on any atom is 0.188 e. The molecule has 5 heteroatoms. The minimum absolute atomic E-state index is 0.0805. The Morgan fingerprint density at radius 1 is 1.54 bits per heavy atom. The third kappa shape index (κ3) is 2.93. The zero-order valence-electron chi connectivity index (χ0n) is 7.19. The Balaban J connectivity index is 2.74. The lowest BCUT2D eigenvalue weighted by atomic mass is 10.4. The highest BCUT2D eigenvalue weighted by Crippen LogP contribution is 2.17. The number of rotatable bonds is 4. The zero-order valence-corrected chi connectivity index (χ0v) is 8.82. The van der Waals surface area contributed by atoms with Crippen LogP contribution in [0.4, 0.5) is 0 Å². The van der Waals surface area contributed by atoms with Crippen LogP contribution in [0.2, 0.25) is 0 Å². The van der Waals surface area contributed by atoms with Gasteiger partial charge in [0.1, 0.15) is 9.99 Å². The van der Waals surface area contributed by atoms with Crippen LogP contribution in [0.25, 0.3) is 0 Å². The van der Waals surface area contributed by atoms with Crippen LogP contribution >= 0.6 is 11.3 Å². The molecule has 0 bridgehead atoms. The van der Waals surface area contributed by atoms with Crippen molar-refractivity contribution in [2.45, 2.75) is 17.6 Å². The first-order valence-electron chi connectivity index (χ1n) is 3.78. The highest BCUT2D eigenvalue weighted by atomic mass is 32.2. The summed E-state index contributed by atoms with van der Waals surface area (Å²) >= 11 is 1.18. The number of carbonyl (C=O) groups is 1. The lowest BCUT2D eigenvalue weighted by Gasteiger charge is -1.97. The monoisotopic (exact) mass is 218 g/mol. The third-order valence-corrected chi connectivity index (χ3v) is 4.73. The lowest BCUT2D eigenvalue weighted by Crippen LogP contribution is -2.08. The lowest BCUT2D eigenvalue weighted by molar-refractivity contribution is -0.116. The van der Waals surface area contributed by atoms with E-state index < -0.39 is 9.84 Å². The molecule has 0 fully saturated rings. The molecule has 1 heterocycles. The molecule has 0 saturated carbocycles. The zero-order chi connectivity index (χ0) is 9.90. The number of hydrogen-bond donors (Lipinski definition) is 0. The van der Waals surface area contributed by atoms with Crippen molar-refractivity contribution in [2.75, 3.05) is 5.75 Å². The van der Waals surface area contributed by atoms with E-state index in [1.54, 1.807) is 17.5 Å². The second kappa shape index (κ2) is 4.02. The van der Waals surface area contributed by atoms with Crippen LogP contribution in [-0.2, 0) is 14.6 Å². The molecule has 0 atom stereocenters. The largest absolute Gasteiger partial charge is 0.300 e. The van der Waals surface area contributed by atoms with Crippen LogP contribution < -0.4 is 0 Å². The van der Waals surface area contributed by atoms with Gasteiger partial charge in [-0.05, 0) is 18.4 Å². The molecule has 1 aromatic heterocycles. The summed E-state index contributed by atoms with van der Waals surface area (Å²) in [5.41, 5.74) is 0. The molecule has 0 aliphatic rings. The second-order valence-electron chi connectivity index (χ2n) is 2.70. The third-order valence-electron chi connectivity index (χ3n) is 1.52. The normalized spacial score (nSPS) is 11.5.